The van der Waals surface area contributed by atoms with Crippen LogP contribution in [0.3, 0.4) is 0 Å². The maximum atomic E-state index is 11.9. The number of hydrogen-bond donors (Lipinski definition) is 0. The average molecular weight is 281 g/mol. The molecule has 0 N–H and O–H groups in total. The Balaban J connectivity index is 1.74. The summed E-state index contributed by atoms with van der Waals surface area (Å²) < 4.78 is 0. The van der Waals surface area contributed by atoms with E-state index < -0.39 is 0 Å². The predicted octanol–water partition coefficient (Wildman–Crippen LogP) is 2.27. The zero-order valence-electron chi connectivity index (χ0n) is 12.1. The second kappa shape index (κ2) is 6.01. The largest absolute Gasteiger partial charge is 0.346 e. The number of ketones is 1. The smallest absolute Gasteiger partial charge is 0.185 e. The monoisotopic (exact) mass is 281 g/mol. The van der Waals surface area contributed by atoms with Crippen LogP contribution in [0.15, 0.2) is 11.6 Å². The van der Waals surface area contributed by atoms with E-state index in [2.05, 4.69) is 14.8 Å². The quantitative estimate of drug-likeness (QED) is 0.848. The van der Waals surface area contributed by atoms with Gasteiger partial charge in [0.05, 0.1) is 0 Å². The first-order valence-corrected chi connectivity index (χ1v) is 7.75. The van der Waals surface area contributed by atoms with Gasteiger partial charge >= 0.3 is 0 Å². The van der Waals surface area contributed by atoms with Crippen molar-refractivity contribution in [3.63, 3.8) is 0 Å². The Kier molecular flexibility index (Phi) is 4.58. The van der Waals surface area contributed by atoms with Crippen LogP contribution in [-0.2, 0) is 4.79 Å². The molecule has 0 radical (unpaired) electrons. The summed E-state index contributed by atoms with van der Waals surface area (Å²) in [4.78, 5) is 21.0. The number of piperazine rings is 1. The van der Waals surface area contributed by atoms with E-state index in [9.17, 15) is 4.79 Å². The van der Waals surface area contributed by atoms with E-state index in [1.54, 1.807) is 11.3 Å². The number of hydrogen-bond acceptors (Lipinski definition) is 5. The minimum Gasteiger partial charge on any atom is -0.346 e. The van der Waals surface area contributed by atoms with Crippen molar-refractivity contribution in [3.05, 3.63) is 11.6 Å². The van der Waals surface area contributed by atoms with Gasteiger partial charge in [0.2, 0.25) is 0 Å². The number of aromatic nitrogens is 1. The normalized spacial score (nSPS) is 17.7. The molecule has 1 aliphatic heterocycles. The Bertz CT molecular complexity index is 403. The van der Waals surface area contributed by atoms with Gasteiger partial charge in [-0.1, -0.05) is 20.8 Å². The lowest BCUT2D eigenvalue weighted by molar-refractivity contribution is -0.126. The molecule has 4 nitrogen and oxygen atoms in total. The Labute approximate surface area is 119 Å². The summed E-state index contributed by atoms with van der Waals surface area (Å²) in [5.74, 6) is 0.356. The van der Waals surface area contributed by atoms with Gasteiger partial charge in [-0.15, -0.1) is 11.3 Å². The molecule has 0 aromatic carbocycles. The van der Waals surface area contributed by atoms with Crippen LogP contribution in [0.25, 0.3) is 0 Å². The van der Waals surface area contributed by atoms with Gasteiger partial charge in [0.25, 0.3) is 0 Å². The first-order chi connectivity index (χ1) is 8.97. The van der Waals surface area contributed by atoms with E-state index in [0.29, 0.717) is 12.2 Å². The van der Waals surface area contributed by atoms with Crippen molar-refractivity contribution < 1.29 is 4.79 Å². The fraction of sp³-hybridized carbons (Fsp3) is 0.714. The molecule has 106 valence electrons. The zero-order chi connectivity index (χ0) is 13.9. The van der Waals surface area contributed by atoms with Crippen LogP contribution in [0.2, 0.25) is 0 Å². The van der Waals surface area contributed by atoms with Crippen molar-refractivity contribution in [3.8, 4) is 0 Å². The standard InChI is InChI=1S/C14H23N3OS/c1-14(2,3)12(18)4-6-16-7-9-17(10-8-16)13-15-5-11-19-13/h5,11H,4,6-10H2,1-3H3. The second-order valence-electron chi connectivity index (χ2n) is 6.07. The molecule has 2 rings (SSSR count). The number of carbonyl (C=O) groups excluding carboxylic acids is 1. The highest BCUT2D eigenvalue weighted by atomic mass is 32.1. The zero-order valence-corrected chi connectivity index (χ0v) is 12.9. The average Bonchev–Trinajstić information content (AvgIpc) is 2.89. The fourth-order valence-electron chi connectivity index (χ4n) is 2.17. The van der Waals surface area contributed by atoms with Crippen LogP contribution in [0.1, 0.15) is 27.2 Å². The Morgan fingerprint density at radius 1 is 1.32 bits per heavy atom. The van der Waals surface area contributed by atoms with Crippen LogP contribution in [0, 0.1) is 5.41 Å². The van der Waals surface area contributed by atoms with Gasteiger partial charge in [0.1, 0.15) is 5.78 Å². The van der Waals surface area contributed by atoms with E-state index in [4.69, 9.17) is 0 Å². The number of nitrogens with zero attached hydrogens (tertiary/aromatic N) is 3. The highest BCUT2D eigenvalue weighted by Crippen LogP contribution is 2.20. The maximum Gasteiger partial charge on any atom is 0.185 e. The van der Waals surface area contributed by atoms with Gasteiger partial charge in [0.15, 0.2) is 5.13 Å². The fourth-order valence-corrected chi connectivity index (χ4v) is 2.87. The molecule has 0 aliphatic carbocycles. The second-order valence-corrected chi connectivity index (χ2v) is 6.94. The van der Waals surface area contributed by atoms with Crippen LogP contribution < -0.4 is 4.90 Å². The number of anilines is 1. The van der Waals surface area contributed by atoms with E-state index in [-0.39, 0.29) is 5.41 Å². The lowest BCUT2D eigenvalue weighted by Crippen LogP contribution is -2.47. The summed E-state index contributed by atoms with van der Waals surface area (Å²) in [5, 5.41) is 3.13. The summed E-state index contributed by atoms with van der Waals surface area (Å²) in [7, 11) is 0. The van der Waals surface area contributed by atoms with Gasteiger partial charge in [-0.05, 0) is 0 Å². The van der Waals surface area contributed by atoms with Crippen molar-refractivity contribution in [2.45, 2.75) is 27.2 Å². The molecule has 5 heteroatoms. The van der Waals surface area contributed by atoms with E-state index in [1.165, 1.54) is 0 Å². The van der Waals surface area contributed by atoms with Gasteiger partial charge in [-0.2, -0.15) is 0 Å². The van der Waals surface area contributed by atoms with Crippen molar-refractivity contribution in [2.24, 2.45) is 5.41 Å². The molecule has 0 bridgehead atoms. The molecule has 0 unspecified atom stereocenters. The van der Waals surface area contributed by atoms with E-state index >= 15 is 0 Å². The molecular weight excluding hydrogens is 258 g/mol. The summed E-state index contributed by atoms with van der Waals surface area (Å²) >= 11 is 1.69. The van der Waals surface area contributed by atoms with Crippen LogP contribution in [-0.4, -0.2) is 48.4 Å². The number of Topliss-reactive ketones (excluding diaryl/α,β-unsaturated/α-hetero) is 1. The van der Waals surface area contributed by atoms with Crippen molar-refractivity contribution >= 4 is 22.3 Å². The van der Waals surface area contributed by atoms with Crippen LogP contribution in [0.4, 0.5) is 5.13 Å². The molecule has 0 spiro atoms. The van der Waals surface area contributed by atoms with Gasteiger partial charge in [-0.3, -0.25) is 9.69 Å². The van der Waals surface area contributed by atoms with Crippen LogP contribution in [0.5, 0.6) is 0 Å². The third-order valence-corrected chi connectivity index (χ3v) is 4.39. The van der Waals surface area contributed by atoms with Gasteiger partial charge < -0.3 is 4.90 Å². The highest BCUT2D eigenvalue weighted by molar-refractivity contribution is 7.13. The Hall–Kier alpha value is -0.940. The summed E-state index contributed by atoms with van der Waals surface area (Å²) in [6.07, 6.45) is 2.52. The SMILES string of the molecule is CC(C)(C)C(=O)CCN1CCN(c2nccs2)CC1. The number of carbonyl (C=O) groups is 1. The molecule has 1 saturated heterocycles. The van der Waals surface area contributed by atoms with Crippen molar-refractivity contribution in [2.75, 3.05) is 37.6 Å². The van der Waals surface area contributed by atoms with Crippen molar-refractivity contribution in [1.29, 1.82) is 0 Å². The van der Waals surface area contributed by atoms with Gasteiger partial charge in [-0.25, -0.2) is 4.98 Å². The Morgan fingerprint density at radius 2 is 2.00 bits per heavy atom. The maximum absolute atomic E-state index is 11.9. The molecule has 1 aliphatic rings. The molecule has 2 heterocycles. The third-order valence-electron chi connectivity index (χ3n) is 3.55. The topological polar surface area (TPSA) is 36.4 Å². The van der Waals surface area contributed by atoms with Gasteiger partial charge in [0, 0.05) is 56.1 Å². The predicted molar refractivity (Wildman–Crippen MR) is 79.8 cm³/mol. The molecule has 1 aromatic heterocycles. The number of thiazole rings is 1. The van der Waals surface area contributed by atoms with Crippen LogP contribution >= 0.6 is 11.3 Å². The summed E-state index contributed by atoms with van der Waals surface area (Å²) in [6.45, 7) is 10.9. The van der Waals surface area contributed by atoms with Crippen molar-refractivity contribution in [1.82, 2.24) is 9.88 Å². The molecule has 0 saturated carbocycles. The molecule has 1 aromatic rings. The first-order valence-electron chi connectivity index (χ1n) is 6.87. The molecular formula is C14H23N3OS. The molecule has 0 amide bonds. The minimum absolute atomic E-state index is 0.206. The lowest BCUT2D eigenvalue weighted by atomic mass is 9.89. The molecule has 19 heavy (non-hydrogen) atoms. The summed E-state index contributed by atoms with van der Waals surface area (Å²) in [6, 6.07) is 0. The first kappa shape index (κ1) is 14.5. The summed E-state index contributed by atoms with van der Waals surface area (Å²) in [5.41, 5.74) is -0.206. The molecule has 1 fully saturated rings. The van der Waals surface area contributed by atoms with E-state index in [0.717, 1.165) is 37.9 Å². The minimum atomic E-state index is -0.206. The third kappa shape index (κ3) is 4.01. The number of rotatable bonds is 4. The van der Waals surface area contributed by atoms with E-state index in [1.807, 2.05) is 32.3 Å². The lowest BCUT2D eigenvalue weighted by Gasteiger charge is -2.34. The Morgan fingerprint density at radius 3 is 2.53 bits per heavy atom. The highest BCUT2D eigenvalue weighted by Gasteiger charge is 2.23. The molecule has 0 atom stereocenters.